The Kier molecular flexibility index (Phi) is 4.30. The summed E-state index contributed by atoms with van der Waals surface area (Å²) in [5.41, 5.74) is 1.14. The second-order valence-corrected chi connectivity index (χ2v) is 4.88. The van der Waals surface area contributed by atoms with Crippen molar-refractivity contribution in [2.24, 2.45) is 0 Å². The molecule has 0 aliphatic rings. The van der Waals surface area contributed by atoms with Crippen LogP contribution in [0.3, 0.4) is 0 Å². The van der Waals surface area contributed by atoms with E-state index in [9.17, 15) is 4.79 Å². The lowest BCUT2D eigenvalue weighted by atomic mass is 10.1. The number of ether oxygens (including phenoxy) is 1. The van der Waals surface area contributed by atoms with Gasteiger partial charge in [0.25, 0.3) is 0 Å². The molecule has 1 aromatic heterocycles. The van der Waals surface area contributed by atoms with Crippen LogP contribution >= 0.6 is 34.8 Å². The minimum absolute atomic E-state index is 0.249. The number of esters is 1. The maximum atomic E-state index is 11.7. The fraction of sp³-hybridized carbons (Fsp3) is 0.0769. The Labute approximate surface area is 125 Å². The molecule has 0 saturated carbocycles. The molecule has 0 radical (unpaired) electrons. The smallest absolute Gasteiger partial charge is 0.340 e. The molecular weight excluding hydrogens is 309 g/mol. The minimum atomic E-state index is -0.518. The van der Waals surface area contributed by atoms with Crippen LogP contribution in [0, 0.1) is 0 Å². The second-order valence-electron chi connectivity index (χ2n) is 3.65. The average Bonchev–Trinajstić information content (AvgIpc) is 2.40. The van der Waals surface area contributed by atoms with Crippen LogP contribution in [0.1, 0.15) is 10.4 Å². The lowest BCUT2D eigenvalue weighted by Crippen LogP contribution is -2.05. The van der Waals surface area contributed by atoms with Crippen LogP contribution in [0.25, 0.3) is 11.3 Å². The van der Waals surface area contributed by atoms with Crippen LogP contribution in [0.2, 0.25) is 15.2 Å². The fourth-order valence-electron chi connectivity index (χ4n) is 1.59. The van der Waals surface area contributed by atoms with Crippen LogP contribution < -0.4 is 0 Å². The Morgan fingerprint density at radius 1 is 1.16 bits per heavy atom. The number of halogens is 3. The molecule has 0 unspecified atom stereocenters. The first kappa shape index (κ1) is 14.1. The summed E-state index contributed by atoms with van der Waals surface area (Å²) < 4.78 is 4.71. The van der Waals surface area contributed by atoms with Gasteiger partial charge in [-0.25, -0.2) is 9.78 Å². The van der Waals surface area contributed by atoms with Gasteiger partial charge in [-0.05, 0) is 30.3 Å². The summed E-state index contributed by atoms with van der Waals surface area (Å²) in [5, 5.41) is 1.15. The van der Waals surface area contributed by atoms with Crippen molar-refractivity contribution < 1.29 is 9.53 Å². The number of pyridine rings is 1. The van der Waals surface area contributed by atoms with Crippen molar-refractivity contribution in [2.45, 2.75) is 0 Å². The number of carbonyl (C=O) groups excluding carboxylic acids is 1. The maximum absolute atomic E-state index is 11.7. The van der Waals surface area contributed by atoms with E-state index in [0.29, 0.717) is 21.3 Å². The van der Waals surface area contributed by atoms with Crippen molar-refractivity contribution in [3.63, 3.8) is 0 Å². The maximum Gasteiger partial charge on any atom is 0.340 e. The summed E-state index contributed by atoms with van der Waals surface area (Å²) in [5.74, 6) is -0.518. The zero-order valence-corrected chi connectivity index (χ0v) is 12.1. The lowest BCUT2D eigenvalue weighted by molar-refractivity contribution is 0.0601. The van der Waals surface area contributed by atoms with Gasteiger partial charge >= 0.3 is 5.97 Å². The van der Waals surface area contributed by atoms with Gasteiger partial charge in [-0.1, -0.05) is 34.8 Å². The SMILES string of the molecule is COC(=O)c1ccc(Cl)nc1-c1cc(Cl)ccc1Cl. The molecule has 0 aliphatic carbocycles. The third-order valence-electron chi connectivity index (χ3n) is 2.45. The quantitative estimate of drug-likeness (QED) is 0.605. The van der Waals surface area contributed by atoms with Crippen molar-refractivity contribution >= 4 is 40.8 Å². The number of benzene rings is 1. The highest BCUT2D eigenvalue weighted by molar-refractivity contribution is 6.35. The standard InChI is InChI=1S/C13H8Cl3NO2/c1-19-13(18)8-3-5-11(16)17-12(8)9-6-7(14)2-4-10(9)15/h2-6H,1H3. The van der Waals surface area contributed by atoms with Crippen molar-refractivity contribution in [3.05, 3.63) is 51.1 Å². The minimum Gasteiger partial charge on any atom is -0.465 e. The fourth-order valence-corrected chi connectivity index (χ4v) is 2.12. The van der Waals surface area contributed by atoms with Crippen LogP contribution in [0.5, 0.6) is 0 Å². The highest BCUT2D eigenvalue weighted by atomic mass is 35.5. The molecule has 2 aromatic rings. The zero-order valence-electron chi connectivity index (χ0n) is 9.78. The Morgan fingerprint density at radius 3 is 2.58 bits per heavy atom. The number of rotatable bonds is 2. The molecule has 0 bridgehead atoms. The molecule has 0 N–H and O–H groups in total. The highest BCUT2D eigenvalue weighted by Crippen LogP contribution is 2.32. The molecule has 1 heterocycles. The molecule has 0 amide bonds. The molecular formula is C13H8Cl3NO2. The molecule has 0 atom stereocenters. The van der Waals surface area contributed by atoms with Gasteiger partial charge in [-0.15, -0.1) is 0 Å². The zero-order chi connectivity index (χ0) is 14.0. The Bertz CT molecular complexity index is 644. The summed E-state index contributed by atoms with van der Waals surface area (Å²) >= 11 is 17.9. The first-order valence-corrected chi connectivity index (χ1v) is 6.36. The van der Waals surface area contributed by atoms with Gasteiger partial charge in [0.05, 0.1) is 23.4 Å². The molecule has 0 saturated heterocycles. The van der Waals surface area contributed by atoms with Crippen molar-refractivity contribution in [2.75, 3.05) is 7.11 Å². The van der Waals surface area contributed by atoms with E-state index >= 15 is 0 Å². The number of nitrogens with zero attached hydrogens (tertiary/aromatic N) is 1. The Hall–Kier alpha value is -1.29. The molecule has 98 valence electrons. The summed E-state index contributed by atoms with van der Waals surface area (Å²) in [7, 11) is 1.29. The molecule has 0 spiro atoms. The van der Waals surface area contributed by atoms with Crippen molar-refractivity contribution in [1.29, 1.82) is 0 Å². The molecule has 0 fully saturated rings. The largest absolute Gasteiger partial charge is 0.465 e. The number of hydrogen-bond donors (Lipinski definition) is 0. The van der Waals surface area contributed by atoms with Crippen LogP contribution in [0.15, 0.2) is 30.3 Å². The predicted octanol–water partition coefficient (Wildman–Crippen LogP) is 4.50. The van der Waals surface area contributed by atoms with Gasteiger partial charge in [0.15, 0.2) is 0 Å². The van der Waals surface area contributed by atoms with Crippen LogP contribution in [-0.4, -0.2) is 18.1 Å². The normalized spacial score (nSPS) is 10.3. The number of aromatic nitrogens is 1. The third kappa shape index (κ3) is 3.00. The first-order chi connectivity index (χ1) is 9.02. The Balaban J connectivity index is 2.69. The van der Waals surface area contributed by atoms with E-state index < -0.39 is 5.97 Å². The summed E-state index contributed by atoms with van der Waals surface area (Å²) in [6, 6.07) is 7.94. The lowest BCUT2D eigenvalue weighted by Gasteiger charge is -2.09. The van der Waals surface area contributed by atoms with E-state index in [0.717, 1.165) is 0 Å². The summed E-state index contributed by atoms with van der Waals surface area (Å²) in [6.45, 7) is 0. The average molecular weight is 317 g/mol. The van der Waals surface area contributed by atoms with Gasteiger partial charge in [0, 0.05) is 10.6 Å². The van der Waals surface area contributed by atoms with Gasteiger partial charge in [0.2, 0.25) is 0 Å². The van der Waals surface area contributed by atoms with Crippen molar-refractivity contribution in [1.82, 2.24) is 4.98 Å². The molecule has 6 heteroatoms. The third-order valence-corrected chi connectivity index (χ3v) is 3.23. The number of methoxy groups -OCH3 is 1. The topological polar surface area (TPSA) is 39.2 Å². The van der Waals surface area contributed by atoms with Crippen molar-refractivity contribution in [3.8, 4) is 11.3 Å². The van der Waals surface area contributed by atoms with Gasteiger partial charge in [-0.2, -0.15) is 0 Å². The van der Waals surface area contributed by atoms with E-state index in [1.54, 1.807) is 18.2 Å². The monoisotopic (exact) mass is 315 g/mol. The number of carbonyl (C=O) groups is 1. The summed E-state index contributed by atoms with van der Waals surface area (Å²) in [6.07, 6.45) is 0. The van der Waals surface area contributed by atoms with E-state index in [-0.39, 0.29) is 10.7 Å². The molecule has 0 aliphatic heterocycles. The molecule has 1 aromatic carbocycles. The summed E-state index contributed by atoms with van der Waals surface area (Å²) in [4.78, 5) is 15.9. The molecule has 3 nitrogen and oxygen atoms in total. The van der Waals surface area contributed by atoms with E-state index in [2.05, 4.69) is 4.98 Å². The first-order valence-electron chi connectivity index (χ1n) is 5.23. The predicted molar refractivity (Wildman–Crippen MR) is 76.0 cm³/mol. The van der Waals surface area contributed by atoms with Gasteiger partial charge < -0.3 is 4.74 Å². The molecule has 19 heavy (non-hydrogen) atoms. The Morgan fingerprint density at radius 2 is 1.89 bits per heavy atom. The van der Waals surface area contributed by atoms with E-state index in [1.807, 2.05) is 0 Å². The van der Waals surface area contributed by atoms with E-state index in [4.69, 9.17) is 39.5 Å². The van der Waals surface area contributed by atoms with Crippen LogP contribution in [-0.2, 0) is 4.74 Å². The highest BCUT2D eigenvalue weighted by Gasteiger charge is 2.17. The second kappa shape index (κ2) is 5.78. The van der Waals surface area contributed by atoms with Gasteiger partial charge in [0.1, 0.15) is 5.15 Å². The van der Waals surface area contributed by atoms with Gasteiger partial charge in [-0.3, -0.25) is 0 Å². The van der Waals surface area contributed by atoms with Crippen LogP contribution in [0.4, 0.5) is 0 Å². The molecule has 2 rings (SSSR count). The number of hydrogen-bond acceptors (Lipinski definition) is 3. The van der Waals surface area contributed by atoms with E-state index in [1.165, 1.54) is 19.2 Å².